The molecule has 0 saturated heterocycles. The summed E-state index contributed by atoms with van der Waals surface area (Å²) in [5.41, 5.74) is 0.652. The summed E-state index contributed by atoms with van der Waals surface area (Å²) < 4.78 is 0. The van der Waals surface area contributed by atoms with Crippen LogP contribution in [0.2, 0.25) is 0 Å². The topological polar surface area (TPSA) is 89.9 Å². The van der Waals surface area contributed by atoms with Gasteiger partial charge in [-0.05, 0) is 23.8 Å². The van der Waals surface area contributed by atoms with E-state index in [1.807, 2.05) is 44.2 Å². The van der Waals surface area contributed by atoms with Crippen molar-refractivity contribution in [2.75, 3.05) is 26.2 Å². The average molecular weight is 350 g/mol. The van der Waals surface area contributed by atoms with E-state index in [1.165, 1.54) is 5.56 Å². The maximum Gasteiger partial charge on any atom is 0.317 e. The predicted molar refractivity (Wildman–Crippen MR) is 97.4 cm³/mol. The van der Waals surface area contributed by atoms with Gasteiger partial charge in [-0.2, -0.15) is 0 Å². The molecule has 0 fully saturated rings. The van der Waals surface area contributed by atoms with Crippen molar-refractivity contribution in [3.05, 3.63) is 35.9 Å². The number of aliphatic hydroxyl groups is 1. The lowest BCUT2D eigenvalue weighted by molar-refractivity contribution is -0.144. The maximum atomic E-state index is 12.4. The second-order valence-electron chi connectivity index (χ2n) is 7.01. The van der Waals surface area contributed by atoms with Gasteiger partial charge in [0.15, 0.2) is 0 Å². The van der Waals surface area contributed by atoms with E-state index in [4.69, 9.17) is 5.11 Å². The molecule has 0 aromatic heterocycles. The molecule has 0 unspecified atom stereocenters. The number of carboxylic acids is 1. The second-order valence-corrected chi connectivity index (χ2v) is 7.01. The first-order valence-corrected chi connectivity index (χ1v) is 8.68. The molecule has 2 amide bonds. The minimum Gasteiger partial charge on any atom is -0.481 e. The normalized spacial score (nSPS) is 12.5. The quantitative estimate of drug-likeness (QED) is 0.604. The number of carboxylic acid groups (broad SMARTS) is 1. The second kappa shape index (κ2) is 10.0. The molecule has 0 aliphatic heterocycles. The zero-order chi connectivity index (χ0) is 18.9. The molecule has 1 aromatic rings. The van der Waals surface area contributed by atoms with Gasteiger partial charge in [-0.1, -0.05) is 51.1 Å². The summed E-state index contributed by atoms with van der Waals surface area (Å²) in [6, 6.07) is 9.76. The number of urea groups is 1. The number of rotatable bonds is 10. The van der Waals surface area contributed by atoms with E-state index in [0.29, 0.717) is 6.54 Å². The summed E-state index contributed by atoms with van der Waals surface area (Å²) in [5, 5.41) is 21.1. The number of aliphatic hydroxyl groups excluding tert-OH is 1. The first-order chi connectivity index (χ1) is 11.8. The van der Waals surface area contributed by atoms with E-state index in [1.54, 1.807) is 11.8 Å². The van der Waals surface area contributed by atoms with Gasteiger partial charge in [0.1, 0.15) is 0 Å². The van der Waals surface area contributed by atoms with Gasteiger partial charge in [0.05, 0.1) is 12.5 Å². The average Bonchev–Trinajstić information content (AvgIpc) is 2.59. The van der Waals surface area contributed by atoms with E-state index in [-0.39, 0.29) is 25.7 Å². The largest absolute Gasteiger partial charge is 0.481 e. The van der Waals surface area contributed by atoms with Crippen molar-refractivity contribution in [2.45, 2.75) is 33.6 Å². The van der Waals surface area contributed by atoms with E-state index in [9.17, 15) is 14.7 Å². The number of amides is 2. The highest BCUT2D eigenvalue weighted by Gasteiger charge is 2.32. The van der Waals surface area contributed by atoms with E-state index >= 15 is 0 Å². The van der Waals surface area contributed by atoms with Crippen molar-refractivity contribution in [3.8, 4) is 0 Å². The fraction of sp³-hybridized carbons (Fsp3) is 0.579. The van der Waals surface area contributed by atoms with Crippen LogP contribution in [-0.2, 0) is 11.2 Å². The molecule has 1 aromatic carbocycles. The Morgan fingerprint density at radius 3 is 2.40 bits per heavy atom. The molecular formula is C19H30N2O4. The van der Waals surface area contributed by atoms with Gasteiger partial charge in [0, 0.05) is 19.6 Å². The van der Waals surface area contributed by atoms with Crippen LogP contribution < -0.4 is 5.32 Å². The Kier molecular flexibility index (Phi) is 8.41. The predicted octanol–water partition coefficient (Wildman–Crippen LogP) is 2.37. The summed E-state index contributed by atoms with van der Waals surface area (Å²) >= 11 is 0. The summed E-state index contributed by atoms with van der Waals surface area (Å²) in [7, 11) is 0. The number of nitrogens with one attached hydrogen (secondary N) is 1. The third-order valence-corrected chi connectivity index (χ3v) is 4.63. The molecule has 0 radical (unpaired) electrons. The van der Waals surface area contributed by atoms with Crippen LogP contribution in [-0.4, -0.2) is 53.4 Å². The zero-order valence-electron chi connectivity index (χ0n) is 15.4. The smallest absolute Gasteiger partial charge is 0.317 e. The summed E-state index contributed by atoms with van der Waals surface area (Å²) in [5.74, 6) is -1.45. The third-order valence-electron chi connectivity index (χ3n) is 4.63. The van der Waals surface area contributed by atoms with E-state index in [2.05, 4.69) is 5.32 Å². The standard InChI is InChI=1S/C19H30N2O4/c1-15(17(23)24)19(2,3)14-20-18(25)21(12-13-22)11-7-10-16-8-5-4-6-9-16/h4-6,8-9,15,22H,7,10-14H2,1-3H3,(H,20,25)(H,23,24)/t15-/m1/s1. The Hall–Kier alpha value is -2.08. The lowest BCUT2D eigenvalue weighted by Crippen LogP contribution is -2.47. The highest BCUT2D eigenvalue weighted by Crippen LogP contribution is 2.25. The molecule has 140 valence electrons. The number of nitrogens with zero attached hydrogens (tertiary/aromatic N) is 1. The highest BCUT2D eigenvalue weighted by atomic mass is 16.4. The molecule has 0 spiro atoms. The maximum absolute atomic E-state index is 12.4. The molecule has 0 aliphatic rings. The molecule has 0 heterocycles. The highest BCUT2D eigenvalue weighted by molar-refractivity contribution is 5.74. The fourth-order valence-electron chi connectivity index (χ4n) is 2.46. The van der Waals surface area contributed by atoms with Crippen LogP contribution in [0.4, 0.5) is 4.79 Å². The number of carbonyl (C=O) groups excluding carboxylic acids is 1. The Labute approximate surface area is 149 Å². The van der Waals surface area contributed by atoms with Crippen molar-refractivity contribution < 1.29 is 19.8 Å². The molecule has 25 heavy (non-hydrogen) atoms. The lowest BCUT2D eigenvalue weighted by Gasteiger charge is -2.31. The first-order valence-electron chi connectivity index (χ1n) is 8.68. The van der Waals surface area contributed by atoms with Gasteiger partial charge in [0.25, 0.3) is 0 Å². The molecule has 0 bridgehead atoms. The monoisotopic (exact) mass is 350 g/mol. The summed E-state index contributed by atoms with van der Waals surface area (Å²) in [6.07, 6.45) is 1.66. The third kappa shape index (κ3) is 7.13. The molecule has 1 rings (SSSR count). The van der Waals surface area contributed by atoms with Crippen LogP contribution in [0.25, 0.3) is 0 Å². The molecule has 0 saturated carbocycles. The molecule has 1 atom stereocenters. The summed E-state index contributed by atoms with van der Waals surface area (Å²) in [4.78, 5) is 25.1. The minimum absolute atomic E-state index is 0.103. The first kappa shape index (κ1) is 21.0. The van der Waals surface area contributed by atoms with Crippen molar-refractivity contribution in [3.63, 3.8) is 0 Å². The van der Waals surface area contributed by atoms with Crippen LogP contribution >= 0.6 is 0 Å². The van der Waals surface area contributed by atoms with Crippen molar-refractivity contribution in [2.24, 2.45) is 11.3 Å². The van der Waals surface area contributed by atoms with Crippen LogP contribution in [0.1, 0.15) is 32.8 Å². The molecule has 0 aliphatic carbocycles. The van der Waals surface area contributed by atoms with Gasteiger partial charge in [-0.15, -0.1) is 0 Å². The number of aryl methyl sites for hydroxylation is 1. The van der Waals surface area contributed by atoms with Crippen molar-refractivity contribution in [1.29, 1.82) is 0 Å². The van der Waals surface area contributed by atoms with Crippen LogP contribution in [0, 0.1) is 11.3 Å². The Morgan fingerprint density at radius 2 is 1.84 bits per heavy atom. The Bertz CT molecular complexity index is 546. The lowest BCUT2D eigenvalue weighted by atomic mass is 9.80. The van der Waals surface area contributed by atoms with Crippen LogP contribution in [0.5, 0.6) is 0 Å². The molecule has 6 heteroatoms. The number of carbonyl (C=O) groups is 2. The van der Waals surface area contributed by atoms with Gasteiger partial charge in [-0.25, -0.2) is 4.79 Å². The number of aliphatic carboxylic acids is 1. The van der Waals surface area contributed by atoms with Crippen LogP contribution in [0.15, 0.2) is 30.3 Å². The Morgan fingerprint density at radius 1 is 1.20 bits per heavy atom. The Balaban J connectivity index is 2.51. The molecular weight excluding hydrogens is 320 g/mol. The SMILES string of the molecule is C[C@H](C(=O)O)C(C)(C)CNC(=O)N(CCO)CCCc1ccccc1. The number of benzene rings is 1. The molecule has 6 nitrogen and oxygen atoms in total. The molecule has 3 N–H and O–H groups in total. The summed E-state index contributed by atoms with van der Waals surface area (Å²) in [6.45, 7) is 6.23. The van der Waals surface area contributed by atoms with Gasteiger partial charge in [-0.3, -0.25) is 4.79 Å². The number of hydrogen-bond donors (Lipinski definition) is 3. The zero-order valence-corrected chi connectivity index (χ0v) is 15.4. The van der Waals surface area contributed by atoms with Gasteiger partial charge in [0.2, 0.25) is 0 Å². The van der Waals surface area contributed by atoms with E-state index in [0.717, 1.165) is 12.8 Å². The minimum atomic E-state index is -0.880. The van der Waals surface area contributed by atoms with Crippen molar-refractivity contribution in [1.82, 2.24) is 10.2 Å². The van der Waals surface area contributed by atoms with Crippen molar-refractivity contribution >= 4 is 12.0 Å². The van der Waals surface area contributed by atoms with E-state index < -0.39 is 17.3 Å². The van der Waals surface area contributed by atoms with Crippen LogP contribution in [0.3, 0.4) is 0 Å². The van der Waals surface area contributed by atoms with Gasteiger partial charge >= 0.3 is 12.0 Å². The fourth-order valence-corrected chi connectivity index (χ4v) is 2.46. The number of hydrogen-bond acceptors (Lipinski definition) is 3. The van der Waals surface area contributed by atoms with Gasteiger partial charge < -0.3 is 20.4 Å².